The van der Waals surface area contributed by atoms with Crippen LogP contribution in [0.15, 0.2) is 12.3 Å². The van der Waals surface area contributed by atoms with Gasteiger partial charge in [-0.15, -0.1) is 0 Å². The molecule has 2 heterocycles. The molecular weight excluding hydrogens is 242 g/mol. The first-order chi connectivity index (χ1) is 9.17. The number of aliphatic hydroxyl groups is 1. The van der Waals surface area contributed by atoms with Gasteiger partial charge in [0.2, 0.25) is 0 Å². The fraction of sp³-hybridized carbons (Fsp3) is 0.571. The lowest BCUT2D eigenvalue weighted by molar-refractivity contribution is 0.0678. The van der Waals surface area contributed by atoms with E-state index < -0.39 is 0 Å². The molecule has 19 heavy (non-hydrogen) atoms. The monoisotopic (exact) mass is 263 g/mol. The van der Waals surface area contributed by atoms with Gasteiger partial charge in [0.25, 0.3) is 5.91 Å². The van der Waals surface area contributed by atoms with Gasteiger partial charge in [0, 0.05) is 25.0 Å². The minimum Gasteiger partial charge on any atom is -0.394 e. The summed E-state index contributed by atoms with van der Waals surface area (Å²) in [6.07, 6.45) is 3.45. The molecule has 0 aromatic carbocycles. The van der Waals surface area contributed by atoms with Crippen LogP contribution >= 0.6 is 0 Å². The maximum absolute atomic E-state index is 12.6. The molecule has 2 rings (SSSR count). The van der Waals surface area contributed by atoms with Gasteiger partial charge < -0.3 is 15.3 Å². The number of hydrogen-bond acceptors (Lipinski definition) is 4. The van der Waals surface area contributed by atoms with Crippen LogP contribution in [0.4, 0.5) is 5.69 Å². The smallest absolute Gasteiger partial charge is 0.257 e. The summed E-state index contributed by atoms with van der Waals surface area (Å²) in [4.78, 5) is 18.5. The molecule has 1 aliphatic heterocycles. The van der Waals surface area contributed by atoms with E-state index in [9.17, 15) is 9.90 Å². The minimum atomic E-state index is -0.0525. The lowest BCUT2D eigenvalue weighted by Crippen LogP contribution is -2.38. The summed E-state index contributed by atoms with van der Waals surface area (Å²) in [5.74, 6) is -0.0417. The van der Waals surface area contributed by atoms with Crippen LogP contribution in [0.2, 0.25) is 0 Å². The lowest BCUT2D eigenvalue weighted by atomic mass is 10.1. The molecule has 0 spiro atoms. The van der Waals surface area contributed by atoms with E-state index in [1.807, 2.05) is 19.9 Å². The van der Waals surface area contributed by atoms with Gasteiger partial charge >= 0.3 is 0 Å². The molecule has 1 unspecified atom stereocenters. The van der Waals surface area contributed by atoms with E-state index in [4.69, 9.17) is 0 Å². The highest BCUT2D eigenvalue weighted by atomic mass is 16.3. The Kier molecular flexibility index (Phi) is 4.37. The summed E-state index contributed by atoms with van der Waals surface area (Å²) in [7, 11) is 0. The molecule has 0 bridgehead atoms. The Labute approximate surface area is 113 Å². The number of pyridine rings is 1. The number of aliphatic hydroxyl groups excluding tert-OH is 1. The van der Waals surface area contributed by atoms with E-state index in [2.05, 4.69) is 10.3 Å². The molecule has 1 aromatic heterocycles. The molecule has 2 N–H and O–H groups in total. The fourth-order valence-electron chi connectivity index (χ4n) is 2.51. The zero-order valence-corrected chi connectivity index (χ0v) is 11.5. The first-order valence-corrected chi connectivity index (χ1v) is 6.79. The van der Waals surface area contributed by atoms with Crippen molar-refractivity contribution in [3.8, 4) is 0 Å². The van der Waals surface area contributed by atoms with Crippen LogP contribution in [-0.2, 0) is 0 Å². The Morgan fingerprint density at radius 3 is 3.11 bits per heavy atom. The first-order valence-electron chi connectivity index (χ1n) is 6.79. The number of nitrogens with zero attached hydrogens (tertiary/aromatic N) is 2. The standard InChI is InChI=1S/C14H21N3O2/c1-3-15-13-7-10(2)16-8-12(13)14(19)17-6-4-5-11(17)9-18/h7-8,11,18H,3-6,9H2,1-2H3,(H,15,16). The van der Waals surface area contributed by atoms with Crippen molar-refractivity contribution in [3.63, 3.8) is 0 Å². The van der Waals surface area contributed by atoms with Gasteiger partial charge in [0.05, 0.1) is 23.9 Å². The molecule has 5 heteroatoms. The Morgan fingerprint density at radius 2 is 2.42 bits per heavy atom. The molecule has 1 atom stereocenters. The third-order valence-corrected chi connectivity index (χ3v) is 3.49. The van der Waals surface area contributed by atoms with Crippen molar-refractivity contribution >= 4 is 11.6 Å². The van der Waals surface area contributed by atoms with Crippen LogP contribution in [0.25, 0.3) is 0 Å². The number of carbonyl (C=O) groups is 1. The molecule has 1 aliphatic rings. The minimum absolute atomic E-state index is 0.0293. The second kappa shape index (κ2) is 6.02. The molecule has 1 amide bonds. The highest BCUT2D eigenvalue weighted by Crippen LogP contribution is 2.23. The van der Waals surface area contributed by atoms with Crippen molar-refractivity contribution < 1.29 is 9.90 Å². The molecule has 0 aliphatic carbocycles. The fourth-order valence-corrected chi connectivity index (χ4v) is 2.51. The highest BCUT2D eigenvalue weighted by Gasteiger charge is 2.30. The van der Waals surface area contributed by atoms with Crippen molar-refractivity contribution in [1.82, 2.24) is 9.88 Å². The van der Waals surface area contributed by atoms with Crippen molar-refractivity contribution in [2.24, 2.45) is 0 Å². The molecular formula is C14H21N3O2. The Hall–Kier alpha value is -1.62. The second-order valence-corrected chi connectivity index (χ2v) is 4.88. The zero-order valence-electron chi connectivity index (χ0n) is 11.5. The number of nitrogens with one attached hydrogen (secondary N) is 1. The van der Waals surface area contributed by atoms with Gasteiger partial charge in [-0.25, -0.2) is 0 Å². The van der Waals surface area contributed by atoms with Crippen LogP contribution in [0.1, 0.15) is 35.8 Å². The van der Waals surface area contributed by atoms with E-state index in [-0.39, 0.29) is 18.6 Å². The zero-order chi connectivity index (χ0) is 13.8. The van der Waals surface area contributed by atoms with Crippen LogP contribution in [-0.4, -0.2) is 46.6 Å². The molecule has 5 nitrogen and oxygen atoms in total. The Balaban J connectivity index is 2.27. The lowest BCUT2D eigenvalue weighted by Gasteiger charge is -2.24. The van der Waals surface area contributed by atoms with E-state index >= 15 is 0 Å². The predicted octanol–water partition coefficient (Wildman–Crippen LogP) is 1.42. The summed E-state index contributed by atoms with van der Waals surface area (Å²) in [5, 5.41) is 12.5. The van der Waals surface area contributed by atoms with E-state index in [0.717, 1.165) is 30.8 Å². The van der Waals surface area contributed by atoms with Crippen molar-refractivity contribution in [1.29, 1.82) is 0 Å². The third kappa shape index (κ3) is 2.87. The largest absolute Gasteiger partial charge is 0.394 e. The SMILES string of the molecule is CCNc1cc(C)ncc1C(=O)N1CCCC1CO. The summed E-state index contributed by atoms with van der Waals surface area (Å²) in [6, 6.07) is 1.84. The van der Waals surface area contributed by atoms with Gasteiger partial charge in [0.15, 0.2) is 0 Å². The summed E-state index contributed by atoms with van der Waals surface area (Å²) in [5.41, 5.74) is 2.30. The Morgan fingerprint density at radius 1 is 1.63 bits per heavy atom. The predicted molar refractivity (Wildman–Crippen MR) is 74.3 cm³/mol. The Bertz CT molecular complexity index is 462. The number of hydrogen-bond donors (Lipinski definition) is 2. The summed E-state index contributed by atoms with van der Waals surface area (Å²) in [6.45, 7) is 5.40. The molecule has 1 saturated heterocycles. The molecule has 1 aromatic rings. The number of amides is 1. The quantitative estimate of drug-likeness (QED) is 0.862. The van der Waals surface area contributed by atoms with Crippen molar-refractivity contribution in [3.05, 3.63) is 23.5 Å². The number of anilines is 1. The normalized spacial score (nSPS) is 18.7. The van der Waals surface area contributed by atoms with Crippen LogP contribution in [0.3, 0.4) is 0 Å². The third-order valence-electron chi connectivity index (χ3n) is 3.49. The molecule has 104 valence electrons. The summed E-state index contributed by atoms with van der Waals surface area (Å²) >= 11 is 0. The van der Waals surface area contributed by atoms with E-state index in [1.54, 1.807) is 11.1 Å². The van der Waals surface area contributed by atoms with Gasteiger partial charge in [-0.05, 0) is 32.8 Å². The van der Waals surface area contributed by atoms with Gasteiger partial charge in [0.1, 0.15) is 0 Å². The molecule has 0 radical (unpaired) electrons. The second-order valence-electron chi connectivity index (χ2n) is 4.88. The number of likely N-dealkylation sites (tertiary alicyclic amines) is 1. The number of aryl methyl sites for hydroxylation is 1. The van der Waals surface area contributed by atoms with Gasteiger partial charge in [-0.2, -0.15) is 0 Å². The number of aromatic nitrogens is 1. The summed E-state index contributed by atoms with van der Waals surface area (Å²) < 4.78 is 0. The van der Waals surface area contributed by atoms with Crippen molar-refractivity contribution in [2.45, 2.75) is 32.7 Å². The van der Waals surface area contributed by atoms with Crippen molar-refractivity contribution in [2.75, 3.05) is 25.0 Å². The van der Waals surface area contributed by atoms with E-state index in [1.165, 1.54) is 0 Å². The average molecular weight is 263 g/mol. The molecule has 0 saturated carbocycles. The van der Waals surface area contributed by atoms with Crippen LogP contribution in [0.5, 0.6) is 0 Å². The molecule has 1 fully saturated rings. The highest BCUT2D eigenvalue weighted by molar-refractivity contribution is 5.99. The van der Waals surface area contributed by atoms with Crippen LogP contribution < -0.4 is 5.32 Å². The number of rotatable bonds is 4. The van der Waals surface area contributed by atoms with Gasteiger partial charge in [-0.3, -0.25) is 9.78 Å². The van der Waals surface area contributed by atoms with Crippen LogP contribution in [0, 0.1) is 6.92 Å². The maximum Gasteiger partial charge on any atom is 0.257 e. The number of carbonyl (C=O) groups excluding carboxylic acids is 1. The van der Waals surface area contributed by atoms with Gasteiger partial charge in [-0.1, -0.05) is 0 Å². The average Bonchev–Trinajstić information content (AvgIpc) is 2.87. The topological polar surface area (TPSA) is 65.5 Å². The maximum atomic E-state index is 12.6. The van der Waals surface area contributed by atoms with E-state index in [0.29, 0.717) is 12.1 Å². The first kappa shape index (κ1) is 13.8.